The van der Waals surface area contributed by atoms with E-state index in [0.717, 1.165) is 19.4 Å². The number of rotatable bonds is 7. The zero-order valence-electron chi connectivity index (χ0n) is 11.9. The summed E-state index contributed by atoms with van der Waals surface area (Å²) in [5.74, 6) is 0.668. The molecule has 1 unspecified atom stereocenters. The van der Waals surface area contributed by atoms with Crippen molar-refractivity contribution in [3.63, 3.8) is 0 Å². The van der Waals surface area contributed by atoms with Crippen LogP contribution >= 0.6 is 24.0 Å². The Morgan fingerprint density at radius 3 is 2.39 bits per heavy atom. The highest BCUT2D eigenvalue weighted by Crippen LogP contribution is 1.87. The second kappa shape index (κ2) is 12.9. The van der Waals surface area contributed by atoms with E-state index in [1.54, 1.807) is 0 Å². The van der Waals surface area contributed by atoms with E-state index < -0.39 is 0 Å². The first kappa shape index (κ1) is 19.8. The molecule has 3 N–H and O–H groups in total. The van der Waals surface area contributed by atoms with Crippen LogP contribution in [0.1, 0.15) is 40.5 Å². The van der Waals surface area contributed by atoms with Crippen molar-refractivity contribution in [1.82, 2.24) is 16.0 Å². The lowest BCUT2D eigenvalue weighted by Crippen LogP contribution is -2.42. The molecule has 0 aliphatic carbocycles. The SMILES string of the molecule is CCCNC(=O)CN=C(NCC)NC(C)CC.I. The van der Waals surface area contributed by atoms with Crippen molar-refractivity contribution in [3.05, 3.63) is 0 Å². The van der Waals surface area contributed by atoms with Gasteiger partial charge in [-0.15, -0.1) is 24.0 Å². The highest BCUT2D eigenvalue weighted by atomic mass is 127. The van der Waals surface area contributed by atoms with E-state index in [0.29, 0.717) is 18.5 Å². The predicted molar refractivity (Wildman–Crippen MR) is 87.6 cm³/mol. The molecule has 108 valence electrons. The number of carbonyl (C=O) groups excluding carboxylic acids is 1. The maximum atomic E-state index is 11.4. The summed E-state index contributed by atoms with van der Waals surface area (Å²) in [6, 6.07) is 0.353. The molecule has 1 amide bonds. The van der Waals surface area contributed by atoms with Crippen LogP contribution in [0.25, 0.3) is 0 Å². The standard InChI is InChI=1S/C12H26N4O.HI/c1-5-8-14-11(17)9-15-12(13-7-3)16-10(4)6-2;/h10H,5-9H2,1-4H3,(H,14,17)(H2,13,15,16);1H. The molecule has 0 saturated carbocycles. The van der Waals surface area contributed by atoms with Gasteiger partial charge in [0.2, 0.25) is 5.91 Å². The summed E-state index contributed by atoms with van der Waals surface area (Å²) in [4.78, 5) is 15.6. The lowest BCUT2D eigenvalue weighted by molar-refractivity contribution is -0.119. The van der Waals surface area contributed by atoms with Gasteiger partial charge in [0.15, 0.2) is 5.96 Å². The third kappa shape index (κ3) is 10.6. The zero-order chi connectivity index (χ0) is 13.1. The monoisotopic (exact) mass is 370 g/mol. The maximum Gasteiger partial charge on any atom is 0.241 e. The van der Waals surface area contributed by atoms with Gasteiger partial charge in [-0.2, -0.15) is 0 Å². The topological polar surface area (TPSA) is 65.5 Å². The molecule has 0 fully saturated rings. The largest absolute Gasteiger partial charge is 0.357 e. The molecule has 0 aromatic carbocycles. The van der Waals surface area contributed by atoms with Crippen molar-refractivity contribution >= 4 is 35.8 Å². The minimum Gasteiger partial charge on any atom is -0.357 e. The van der Waals surface area contributed by atoms with Crippen molar-refractivity contribution in [2.24, 2.45) is 4.99 Å². The number of aliphatic imine (C=N–C) groups is 1. The normalized spacial score (nSPS) is 12.3. The van der Waals surface area contributed by atoms with Gasteiger partial charge in [0.25, 0.3) is 0 Å². The Bertz CT molecular complexity index is 246. The number of nitrogens with zero attached hydrogens (tertiary/aromatic N) is 1. The fraction of sp³-hybridized carbons (Fsp3) is 0.833. The molecule has 0 aromatic heterocycles. The van der Waals surface area contributed by atoms with Gasteiger partial charge in [-0.25, -0.2) is 4.99 Å². The number of guanidine groups is 1. The second-order valence-electron chi connectivity index (χ2n) is 4.00. The smallest absolute Gasteiger partial charge is 0.241 e. The second-order valence-corrected chi connectivity index (χ2v) is 4.00. The third-order valence-corrected chi connectivity index (χ3v) is 2.29. The van der Waals surface area contributed by atoms with Crippen LogP contribution in [0.5, 0.6) is 0 Å². The van der Waals surface area contributed by atoms with Crippen molar-refractivity contribution in [2.45, 2.75) is 46.6 Å². The Balaban J connectivity index is 0. The zero-order valence-corrected chi connectivity index (χ0v) is 14.2. The number of halogens is 1. The molecule has 0 bridgehead atoms. The van der Waals surface area contributed by atoms with Gasteiger partial charge < -0.3 is 16.0 Å². The lowest BCUT2D eigenvalue weighted by Gasteiger charge is -2.16. The number of nitrogens with one attached hydrogen (secondary N) is 3. The Kier molecular flexibility index (Phi) is 14.2. The molecular weight excluding hydrogens is 343 g/mol. The van der Waals surface area contributed by atoms with Crippen molar-refractivity contribution in [1.29, 1.82) is 0 Å². The molecule has 1 atom stereocenters. The van der Waals surface area contributed by atoms with Crippen molar-refractivity contribution < 1.29 is 4.79 Å². The van der Waals surface area contributed by atoms with E-state index in [1.807, 2.05) is 13.8 Å². The number of carbonyl (C=O) groups is 1. The summed E-state index contributed by atoms with van der Waals surface area (Å²) in [5.41, 5.74) is 0. The molecule has 0 aromatic rings. The van der Waals surface area contributed by atoms with Gasteiger partial charge in [-0.3, -0.25) is 4.79 Å². The van der Waals surface area contributed by atoms with Gasteiger partial charge in [-0.1, -0.05) is 13.8 Å². The van der Waals surface area contributed by atoms with Crippen LogP contribution in [-0.2, 0) is 4.79 Å². The van der Waals surface area contributed by atoms with Gasteiger partial charge >= 0.3 is 0 Å². The van der Waals surface area contributed by atoms with E-state index in [4.69, 9.17) is 0 Å². The highest BCUT2D eigenvalue weighted by Gasteiger charge is 2.03. The Labute approximate surface area is 128 Å². The van der Waals surface area contributed by atoms with E-state index in [9.17, 15) is 4.79 Å². The molecule has 0 aliphatic rings. The van der Waals surface area contributed by atoms with E-state index in [-0.39, 0.29) is 36.4 Å². The first-order valence-corrected chi connectivity index (χ1v) is 6.45. The quantitative estimate of drug-likeness (QED) is 0.361. The molecule has 0 saturated heterocycles. The highest BCUT2D eigenvalue weighted by molar-refractivity contribution is 14.0. The maximum absolute atomic E-state index is 11.4. The number of hydrogen-bond acceptors (Lipinski definition) is 2. The first-order valence-electron chi connectivity index (χ1n) is 6.45. The summed E-state index contributed by atoms with van der Waals surface area (Å²) in [6.07, 6.45) is 1.97. The Morgan fingerprint density at radius 2 is 1.89 bits per heavy atom. The third-order valence-electron chi connectivity index (χ3n) is 2.29. The van der Waals surface area contributed by atoms with Crippen LogP contribution in [0.3, 0.4) is 0 Å². The Morgan fingerprint density at radius 1 is 1.22 bits per heavy atom. The molecule has 0 radical (unpaired) electrons. The van der Waals surface area contributed by atoms with Gasteiger partial charge in [-0.05, 0) is 26.7 Å². The molecule has 0 rings (SSSR count). The molecule has 0 spiro atoms. The van der Waals surface area contributed by atoms with Crippen LogP contribution in [-0.4, -0.2) is 37.5 Å². The van der Waals surface area contributed by atoms with Gasteiger partial charge in [0, 0.05) is 19.1 Å². The van der Waals surface area contributed by atoms with Crippen LogP contribution in [0.4, 0.5) is 0 Å². The fourth-order valence-electron chi connectivity index (χ4n) is 1.13. The van der Waals surface area contributed by atoms with Crippen LogP contribution in [0.2, 0.25) is 0 Å². The van der Waals surface area contributed by atoms with E-state index in [1.165, 1.54) is 0 Å². The summed E-state index contributed by atoms with van der Waals surface area (Å²) >= 11 is 0. The predicted octanol–water partition coefficient (Wildman–Crippen LogP) is 1.48. The number of hydrogen-bond donors (Lipinski definition) is 3. The summed E-state index contributed by atoms with van der Waals surface area (Å²) in [6.45, 7) is 9.90. The van der Waals surface area contributed by atoms with E-state index in [2.05, 4.69) is 34.8 Å². The summed E-state index contributed by atoms with van der Waals surface area (Å²) in [5, 5.41) is 9.15. The van der Waals surface area contributed by atoms with E-state index >= 15 is 0 Å². The minimum absolute atomic E-state index is 0. The Hall–Kier alpha value is -0.530. The van der Waals surface area contributed by atoms with Gasteiger partial charge in [0.1, 0.15) is 6.54 Å². The fourth-order valence-corrected chi connectivity index (χ4v) is 1.13. The molecule has 5 nitrogen and oxygen atoms in total. The molecular formula is C12H27IN4O. The number of amides is 1. The van der Waals surface area contributed by atoms with Crippen LogP contribution in [0.15, 0.2) is 4.99 Å². The van der Waals surface area contributed by atoms with Crippen molar-refractivity contribution in [3.8, 4) is 0 Å². The van der Waals surface area contributed by atoms with Crippen LogP contribution in [0, 0.1) is 0 Å². The molecule has 0 heterocycles. The molecule has 6 heteroatoms. The van der Waals surface area contributed by atoms with Gasteiger partial charge in [0.05, 0.1) is 0 Å². The van der Waals surface area contributed by atoms with Crippen molar-refractivity contribution in [2.75, 3.05) is 19.6 Å². The molecule has 18 heavy (non-hydrogen) atoms. The average Bonchev–Trinajstić information content (AvgIpc) is 2.33. The van der Waals surface area contributed by atoms with Crippen LogP contribution < -0.4 is 16.0 Å². The molecule has 0 aliphatic heterocycles. The lowest BCUT2D eigenvalue weighted by atomic mass is 10.3. The average molecular weight is 370 g/mol. The summed E-state index contributed by atoms with van der Waals surface area (Å²) < 4.78 is 0. The summed E-state index contributed by atoms with van der Waals surface area (Å²) in [7, 11) is 0. The minimum atomic E-state index is -0.0341. The first-order chi connectivity index (χ1) is 8.13.